The summed E-state index contributed by atoms with van der Waals surface area (Å²) in [4.78, 5) is 37.3. The van der Waals surface area contributed by atoms with Crippen molar-refractivity contribution >= 4 is 17.8 Å². The van der Waals surface area contributed by atoms with E-state index in [2.05, 4.69) is 31.4 Å². The first-order valence-electron chi connectivity index (χ1n) is 11.0. The van der Waals surface area contributed by atoms with Crippen molar-refractivity contribution in [2.75, 3.05) is 13.7 Å². The van der Waals surface area contributed by atoms with Crippen LogP contribution in [0.15, 0.2) is 48.5 Å². The van der Waals surface area contributed by atoms with Gasteiger partial charge in [-0.15, -0.1) is 0 Å². The largest absolute Gasteiger partial charge is 0.497 e. The van der Waals surface area contributed by atoms with E-state index in [1.165, 1.54) is 0 Å². The Kier molecular flexibility index (Phi) is 9.02. The maximum Gasteiger partial charge on any atom is 0.329 e. The minimum absolute atomic E-state index is 0.0206. The summed E-state index contributed by atoms with van der Waals surface area (Å²) in [5.41, 5.74) is 2.44. The summed E-state index contributed by atoms with van der Waals surface area (Å²) < 4.78 is 10.3. The van der Waals surface area contributed by atoms with Gasteiger partial charge in [0.05, 0.1) is 7.11 Å². The molecule has 2 N–H and O–H groups in total. The Bertz CT molecular complexity index is 944. The van der Waals surface area contributed by atoms with Crippen LogP contribution in [0.3, 0.4) is 0 Å². The molecule has 1 atom stereocenters. The molecule has 0 heterocycles. The molecule has 7 heteroatoms. The highest BCUT2D eigenvalue weighted by Crippen LogP contribution is 2.22. The number of methoxy groups -OCH3 is 1. The zero-order valence-electron chi connectivity index (χ0n) is 20.2. The Morgan fingerprint density at radius 3 is 2.06 bits per heavy atom. The molecule has 2 amide bonds. The lowest BCUT2D eigenvalue weighted by Crippen LogP contribution is -2.46. The van der Waals surface area contributed by atoms with Crippen molar-refractivity contribution in [2.24, 2.45) is 5.92 Å². The van der Waals surface area contributed by atoms with Gasteiger partial charge in [-0.2, -0.15) is 0 Å². The molecule has 0 saturated heterocycles. The van der Waals surface area contributed by atoms with Crippen molar-refractivity contribution in [1.82, 2.24) is 10.6 Å². The fourth-order valence-electron chi connectivity index (χ4n) is 3.07. The number of esters is 1. The predicted molar refractivity (Wildman–Crippen MR) is 127 cm³/mol. The summed E-state index contributed by atoms with van der Waals surface area (Å²) in [5.74, 6) is -0.923. The predicted octanol–water partition coefficient (Wildman–Crippen LogP) is 3.61. The van der Waals surface area contributed by atoms with Gasteiger partial charge >= 0.3 is 5.97 Å². The number of carbonyl (C=O) groups excluding carboxylic acids is 3. The van der Waals surface area contributed by atoms with E-state index < -0.39 is 24.5 Å². The summed E-state index contributed by atoms with van der Waals surface area (Å²) in [7, 11) is 1.58. The lowest BCUT2D eigenvalue weighted by molar-refractivity contribution is -0.151. The molecule has 2 rings (SSSR count). The monoisotopic (exact) mass is 454 g/mol. The molecule has 33 heavy (non-hydrogen) atoms. The van der Waals surface area contributed by atoms with Crippen molar-refractivity contribution in [2.45, 2.75) is 52.6 Å². The summed E-state index contributed by atoms with van der Waals surface area (Å²) in [5, 5.41) is 5.43. The fourth-order valence-corrected chi connectivity index (χ4v) is 3.07. The number of amides is 2. The van der Waals surface area contributed by atoms with Crippen LogP contribution in [0.1, 0.15) is 56.1 Å². The van der Waals surface area contributed by atoms with Gasteiger partial charge in [-0.25, -0.2) is 4.79 Å². The molecule has 0 aromatic heterocycles. The van der Waals surface area contributed by atoms with Gasteiger partial charge in [-0.05, 0) is 46.7 Å². The van der Waals surface area contributed by atoms with Gasteiger partial charge in [0, 0.05) is 12.1 Å². The number of carbonyl (C=O) groups is 3. The van der Waals surface area contributed by atoms with Crippen LogP contribution in [0, 0.1) is 5.92 Å². The maximum absolute atomic E-state index is 12.7. The second-order valence-corrected chi connectivity index (χ2v) is 9.26. The zero-order chi connectivity index (χ0) is 24.6. The molecule has 0 saturated carbocycles. The van der Waals surface area contributed by atoms with Crippen molar-refractivity contribution in [1.29, 1.82) is 0 Å². The first-order chi connectivity index (χ1) is 15.5. The van der Waals surface area contributed by atoms with Crippen LogP contribution in [0.4, 0.5) is 0 Å². The molecule has 0 radical (unpaired) electrons. The number of hydrogen-bond acceptors (Lipinski definition) is 5. The average molecular weight is 455 g/mol. The Balaban J connectivity index is 1.88. The molecule has 0 aliphatic carbocycles. The first-order valence-corrected chi connectivity index (χ1v) is 11.0. The van der Waals surface area contributed by atoms with E-state index in [-0.39, 0.29) is 17.2 Å². The second kappa shape index (κ2) is 11.5. The van der Waals surface area contributed by atoms with Crippen LogP contribution in [0.25, 0.3) is 0 Å². The molecule has 178 valence electrons. The lowest BCUT2D eigenvalue weighted by Gasteiger charge is -2.22. The smallest absolute Gasteiger partial charge is 0.329 e. The Hall–Kier alpha value is -3.35. The van der Waals surface area contributed by atoms with Crippen LogP contribution < -0.4 is 15.4 Å². The third-order valence-corrected chi connectivity index (χ3v) is 5.21. The highest BCUT2D eigenvalue weighted by Gasteiger charge is 2.27. The topological polar surface area (TPSA) is 93.7 Å². The standard InChI is InChI=1S/C26H34N2O5/c1-17(2)23(28-24(30)19-9-11-20(12-10-19)26(3,4)5)25(31)33-16-22(29)27-15-18-7-13-21(32-6)14-8-18/h7-14,17,23H,15-16H2,1-6H3,(H,27,29)(H,28,30). The molecule has 1 unspecified atom stereocenters. The van der Waals surface area contributed by atoms with E-state index in [0.717, 1.165) is 16.9 Å². The van der Waals surface area contributed by atoms with Crippen LogP contribution in [0.2, 0.25) is 0 Å². The van der Waals surface area contributed by atoms with E-state index in [4.69, 9.17) is 9.47 Å². The third-order valence-electron chi connectivity index (χ3n) is 5.21. The fraction of sp³-hybridized carbons (Fsp3) is 0.423. The van der Waals surface area contributed by atoms with Crippen LogP contribution in [-0.4, -0.2) is 37.5 Å². The van der Waals surface area contributed by atoms with Gasteiger partial charge in [0.2, 0.25) is 0 Å². The quantitative estimate of drug-likeness (QED) is 0.565. The van der Waals surface area contributed by atoms with E-state index in [1.54, 1.807) is 45.2 Å². The molecule has 0 aliphatic heterocycles. The average Bonchev–Trinajstić information content (AvgIpc) is 2.79. The Morgan fingerprint density at radius 1 is 0.939 bits per heavy atom. The molecular weight excluding hydrogens is 420 g/mol. The van der Waals surface area contributed by atoms with Crippen molar-refractivity contribution in [3.63, 3.8) is 0 Å². The molecule has 0 fully saturated rings. The summed E-state index contributed by atoms with van der Waals surface area (Å²) in [6, 6.07) is 13.7. The highest BCUT2D eigenvalue weighted by molar-refractivity contribution is 5.97. The van der Waals surface area contributed by atoms with E-state index in [9.17, 15) is 14.4 Å². The maximum atomic E-state index is 12.7. The van der Waals surface area contributed by atoms with Gasteiger partial charge in [0.15, 0.2) is 6.61 Å². The first kappa shape index (κ1) is 25.9. The van der Waals surface area contributed by atoms with Crippen molar-refractivity contribution < 1.29 is 23.9 Å². The molecule has 2 aromatic carbocycles. The van der Waals surface area contributed by atoms with Crippen LogP contribution in [0.5, 0.6) is 5.75 Å². The van der Waals surface area contributed by atoms with Gasteiger partial charge in [-0.3, -0.25) is 9.59 Å². The van der Waals surface area contributed by atoms with Gasteiger partial charge < -0.3 is 20.1 Å². The molecular formula is C26H34N2O5. The van der Waals surface area contributed by atoms with Crippen molar-refractivity contribution in [3.8, 4) is 5.75 Å². The van der Waals surface area contributed by atoms with Gasteiger partial charge in [0.25, 0.3) is 11.8 Å². The molecule has 0 spiro atoms. The van der Waals surface area contributed by atoms with Crippen LogP contribution >= 0.6 is 0 Å². The minimum atomic E-state index is -0.866. The number of rotatable bonds is 9. The van der Waals surface area contributed by atoms with E-state index in [0.29, 0.717) is 12.1 Å². The summed E-state index contributed by atoms with van der Waals surface area (Å²) >= 11 is 0. The van der Waals surface area contributed by atoms with Gasteiger partial charge in [0.1, 0.15) is 11.8 Å². The molecule has 2 aromatic rings. The molecule has 0 aliphatic rings. The van der Waals surface area contributed by atoms with Gasteiger partial charge in [-0.1, -0.05) is 58.9 Å². The van der Waals surface area contributed by atoms with Crippen LogP contribution in [-0.2, 0) is 26.3 Å². The van der Waals surface area contributed by atoms with Crippen molar-refractivity contribution in [3.05, 3.63) is 65.2 Å². The summed E-state index contributed by atoms with van der Waals surface area (Å²) in [6.07, 6.45) is 0. The normalized spacial score (nSPS) is 12.1. The van der Waals surface area contributed by atoms with E-state index >= 15 is 0 Å². The molecule has 0 bridgehead atoms. The second-order valence-electron chi connectivity index (χ2n) is 9.26. The summed E-state index contributed by atoms with van der Waals surface area (Å²) in [6.45, 7) is 9.78. The molecule has 7 nitrogen and oxygen atoms in total. The third kappa shape index (κ3) is 7.93. The number of ether oxygens (including phenoxy) is 2. The number of nitrogens with one attached hydrogen (secondary N) is 2. The minimum Gasteiger partial charge on any atom is -0.497 e. The number of benzene rings is 2. The zero-order valence-corrected chi connectivity index (χ0v) is 20.2. The Morgan fingerprint density at radius 2 is 1.55 bits per heavy atom. The van der Waals surface area contributed by atoms with E-state index in [1.807, 2.05) is 24.3 Å². The highest BCUT2D eigenvalue weighted by atomic mass is 16.5. The Labute approximate surface area is 195 Å². The lowest BCUT2D eigenvalue weighted by atomic mass is 9.86. The SMILES string of the molecule is COc1ccc(CNC(=O)COC(=O)C(NC(=O)c2ccc(C(C)(C)C)cc2)C(C)C)cc1. The number of hydrogen-bond donors (Lipinski definition) is 2.